The summed E-state index contributed by atoms with van der Waals surface area (Å²) in [4.78, 5) is 16.8. The van der Waals surface area contributed by atoms with E-state index in [1.807, 2.05) is 0 Å². The molecule has 0 aromatic heterocycles. The third-order valence-corrected chi connectivity index (χ3v) is 5.75. The predicted octanol–water partition coefficient (Wildman–Crippen LogP) is 4.45. The van der Waals surface area contributed by atoms with Crippen LogP contribution in [0.25, 0.3) is 0 Å². The van der Waals surface area contributed by atoms with E-state index in [2.05, 4.69) is 19.9 Å². The van der Waals surface area contributed by atoms with E-state index >= 15 is 0 Å². The van der Waals surface area contributed by atoms with Gasteiger partial charge < -0.3 is 9.47 Å². The molecule has 0 bridgehead atoms. The number of carbonyl (C=O) groups is 1. The van der Waals surface area contributed by atoms with Crippen LogP contribution >= 0.6 is 0 Å². The zero-order chi connectivity index (χ0) is 18.2. The van der Waals surface area contributed by atoms with Crippen LogP contribution in [0.5, 0.6) is 0 Å². The topological polar surface area (TPSA) is 68.3 Å². The highest BCUT2D eigenvalue weighted by Gasteiger charge is 2.51. The molecule has 1 N–H and O–H groups in total. The van der Waals surface area contributed by atoms with Gasteiger partial charge >= 0.3 is 5.97 Å². The number of fused-ring (bicyclic) bond motifs is 2. The number of rotatable bonds is 1. The standard InChI is InChI=1S/C20H28O5/c1-13-6-5-10-20(4)17(24-20)9-11-19(3,25-22)12-16-15(8-7-13)14(2)18(21)23-16/h6,12,17,22H,5,7-11H2,1-4H3/b13-6+,16-12-/t17-,19-,20-/m0/s1. The summed E-state index contributed by atoms with van der Waals surface area (Å²) in [6.07, 6.45) is 9.16. The van der Waals surface area contributed by atoms with Crippen molar-refractivity contribution in [1.82, 2.24) is 0 Å². The third-order valence-electron chi connectivity index (χ3n) is 5.75. The minimum absolute atomic E-state index is 0.0775. The van der Waals surface area contributed by atoms with Gasteiger partial charge in [0.2, 0.25) is 0 Å². The number of ether oxygens (including phenoxy) is 2. The molecule has 3 rings (SSSR count). The van der Waals surface area contributed by atoms with E-state index in [1.54, 1.807) is 19.9 Å². The fourth-order valence-electron chi connectivity index (χ4n) is 3.72. The van der Waals surface area contributed by atoms with Gasteiger partial charge in [-0.05, 0) is 72.3 Å². The number of esters is 1. The summed E-state index contributed by atoms with van der Waals surface area (Å²) in [5, 5.41) is 9.46. The summed E-state index contributed by atoms with van der Waals surface area (Å²) in [5.41, 5.74) is 1.87. The minimum atomic E-state index is -0.909. The lowest BCUT2D eigenvalue weighted by molar-refractivity contribution is -0.304. The summed E-state index contributed by atoms with van der Waals surface area (Å²) < 4.78 is 11.3. The fraction of sp³-hybridized carbons (Fsp3) is 0.650. The Morgan fingerprint density at radius 1 is 1.24 bits per heavy atom. The summed E-state index contributed by atoms with van der Waals surface area (Å²) in [6, 6.07) is 0. The molecule has 3 aliphatic rings. The van der Waals surface area contributed by atoms with E-state index in [9.17, 15) is 10.1 Å². The second-order valence-corrected chi connectivity index (χ2v) is 7.95. The van der Waals surface area contributed by atoms with Crippen LogP contribution in [0, 0.1) is 0 Å². The second kappa shape index (κ2) is 6.71. The van der Waals surface area contributed by atoms with Crippen LogP contribution in [0.4, 0.5) is 0 Å². The van der Waals surface area contributed by atoms with Gasteiger partial charge in [0.15, 0.2) is 0 Å². The van der Waals surface area contributed by atoms with Crippen LogP contribution in [0.15, 0.2) is 34.6 Å². The molecule has 0 unspecified atom stereocenters. The van der Waals surface area contributed by atoms with Gasteiger partial charge in [0, 0.05) is 11.1 Å². The highest BCUT2D eigenvalue weighted by molar-refractivity contribution is 5.93. The first kappa shape index (κ1) is 18.4. The van der Waals surface area contributed by atoms with E-state index in [0.29, 0.717) is 17.8 Å². The highest BCUT2D eigenvalue weighted by atomic mass is 17.1. The summed E-state index contributed by atoms with van der Waals surface area (Å²) >= 11 is 0. The molecular weight excluding hydrogens is 320 g/mol. The molecule has 0 spiro atoms. The van der Waals surface area contributed by atoms with Crippen LogP contribution in [0.1, 0.15) is 66.2 Å². The van der Waals surface area contributed by atoms with Crippen molar-refractivity contribution in [3.05, 3.63) is 34.6 Å². The largest absolute Gasteiger partial charge is 0.423 e. The van der Waals surface area contributed by atoms with Crippen molar-refractivity contribution >= 4 is 5.97 Å². The third kappa shape index (κ3) is 3.89. The molecule has 1 saturated heterocycles. The van der Waals surface area contributed by atoms with Gasteiger partial charge in [-0.3, -0.25) is 5.26 Å². The first-order valence-electron chi connectivity index (χ1n) is 9.07. The molecule has 5 heteroatoms. The Labute approximate surface area is 149 Å². The Balaban J connectivity index is 1.90. The van der Waals surface area contributed by atoms with Crippen LogP contribution in [-0.4, -0.2) is 28.5 Å². The Kier molecular flexibility index (Phi) is 4.93. The van der Waals surface area contributed by atoms with Gasteiger partial charge in [-0.1, -0.05) is 11.6 Å². The van der Waals surface area contributed by atoms with Crippen LogP contribution in [0.3, 0.4) is 0 Å². The molecule has 138 valence electrons. The van der Waals surface area contributed by atoms with Gasteiger partial charge in [0.05, 0.1) is 11.7 Å². The number of hydrogen-bond acceptors (Lipinski definition) is 5. The van der Waals surface area contributed by atoms with Crippen molar-refractivity contribution in [3.63, 3.8) is 0 Å². The molecule has 1 aliphatic carbocycles. The number of carbonyl (C=O) groups excluding carboxylic acids is 1. The molecule has 3 atom stereocenters. The monoisotopic (exact) mass is 348 g/mol. The van der Waals surface area contributed by atoms with Gasteiger partial charge in [-0.2, -0.15) is 0 Å². The smallest absolute Gasteiger partial charge is 0.339 e. The van der Waals surface area contributed by atoms with Gasteiger partial charge in [0.1, 0.15) is 11.4 Å². The molecule has 0 aromatic carbocycles. The Morgan fingerprint density at radius 2 is 2.00 bits per heavy atom. The zero-order valence-corrected chi connectivity index (χ0v) is 15.6. The van der Waals surface area contributed by atoms with E-state index in [0.717, 1.165) is 37.7 Å². The second-order valence-electron chi connectivity index (χ2n) is 7.95. The van der Waals surface area contributed by atoms with Crippen LogP contribution in [0.2, 0.25) is 0 Å². The Bertz CT molecular complexity index is 659. The zero-order valence-electron chi connectivity index (χ0n) is 15.6. The molecule has 0 radical (unpaired) electrons. The average Bonchev–Trinajstić information content (AvgIpc) is 3.14. The Morgan fingerprint density at radius 3 is 2.72 bits per heavy atom. The lowest BCUT2D eigenvalue weighted by Gasteiger charge is -2.23. The molecule has 25 heavy (non-hydrogen) atoms. The van der Waals surface area contributed by atoms with Crippen molar-refractivity contribution in [2.75, 3.05) is 0 Å². The van der Waals surface area contributed by atoms with Gasteiger partial charge in [-0.25, -0.2) is 9.68 Å². The molecule has 0 aromatic rings. The molecule has 1 fully saturated rings. The van der Waals surface area contributed by atoms with E-state index < -0.39 is 5.60 Å². The maximum atomic E-state index is 12.0. The molecular formula is C20H28O5. The summed E-state index contributed by atoms with van der Waals surface area (Å²) in [7, 11) is 0. The van der Waals surface area contributed by atoms with Crippen molar-refractivity contribution < 1.29 is 24.4 Å². The normalized spacial score (nSPS) is 40.8. The maximum absolute atomic E-state index is 12.0. The van der Waals surface area contributed by atoms with Crippen molar-refractivity contribution in [2.45, 2.75) is 83.5 Å². The van der Waals surface area contributed by atoms with E-state index in [-0.39, 0.29) is 17.7 Å². The average molecular weight is 348 g/mol. The first-order chi connectivity index (χ1) is 11.8. The summed E-state index contributed by atoms with van der Waals surface area (Å²) in [5.74, 6) is 0.203. The molecule has 0 saturated carbocycles. The fourth-order valence-corrected chi connectivity index (χ4v) is 3.72. The van der Waals surface area contributed by atoms with Crippen LogP contribution in [-0.2, 0) is 19.2 Å². The minimum Gasteiger partial charge on any atom is -0.423 e. The maximum Gasteiger partial charge on any atom is 0.339 e. The van der Waals surface area contributed by atoms with E-state index in [4.69, 9.17) is 14.4 Å². The van der Waals surface area contributed by atoms with Crippen molar-refractivity contribution in [3.8, 4) is 0 Å². The van der Waals surface area contributed by atoms with Crippen LogP contribution < -0.4 is 0 Å². The van der Waals surface area contributed by atoms with E-state index in [1.165, 1.54) is 5.57 Å². The highest BCUT2D eigenvalue weighted by Crippen LogP contribution is 2.45. The Hall–Kier alpha value is -1.43. The molecule has 2 aliphatic heterocycles. The summed E-state index contributed by atoms with van der Waals surface area (Å²) in [6.45, 7) is 7.86. The van der Waals surface area contributed by atoms with Gasteiger partial charge in [0.25, 0.3) is 0 Å². The molecule has 5 nitrogen and oxygen atoms in total. The molecule has 2 heterocycles. The first-order valence-corrected chi connectivity index (χ1v) is 9.07. The molecule has 0 amide bonds. The van der Waals surface area contributed by atoms with Crippen molar-refractivity contribution in [2.24, 2.45) is 0 Å². The quantitative estimate of drug-likeness (QED) is 0.249. The SMILES string of the molecule is CC1=C2CC/C(C)=C/CC[C@]3(C)O[C@H]3CC[C@](C)(OO)/C=C/2OC1=O. The van der Waals surface area contributed by atoms with Crippen molar-refractivity contribution in [1.29, 1.82) is 0 Å². The number of hydrogen-bond donors (Lipinski definition) is 1. The number of allylic oxidation sites excluding steroid dienone is 3. The lowest BCUT2D eigenvalue weighted by atomic mass is 9.90. The lowest BCUT2D eigenvalue weighted by Crippen LogP contribution is -2.27. The predicted molar refractivity (Wildman–Crippen MR) is 93.7 cm³/mol. The van der Waals surface area contributed by atoms with Gasteiger partial charge in [-0.15, -0.1) is 0 Å². The number of epoxide rings is 1.